The largest absolute Gasteiger partial charge is 0.461 e. The normalized spacial score (nSPS) is 11.1. The third kappa shape index (κ3) is 17.0. The van der Waals surface area contributed by atoms with Crippen LogP contribution in [0.1, 0.15) is 117 Å². The van der Waals surface area contributed by atoms with Crippen molar-refractivity contribution in [3.63, 3.8) is 0 Å². The molecule has 0 radical (unpaired) electrons. The lowest BCUT2D eigenvalue weighted by Crippen LogP contribution is -2.27. The quantitative estimate of drug-likeness (QED) is 0.0842. The first-order valence-electron chi connectivity index (χ1n) is 13.9. The highest BCUT2D eigenvalue weighted by Crippen LogP contribution is 2.09. The van der Waals surface area contributed by atoms with E-state index in [1.807, 2.05) is 13.0 Å². The van der Waals surface area contributed by atoms with Crippen molar-refractivity contribution in [1.82, 2.24) is 10.6 Å². The molecule has 0 fully saturated rings. The lowest BCUT2D eigenvalue weighted by Gasteiger charge is -2.08. The van der Waals surface area contributed by atoms with E-state index < -0.39 is 0 Å². The SMILES string of the molecule is CCCCCC/C=C/COC(=O)CCCCCCCCNCCCNC(=O)c1cc(C)cc(C=O)c1. The first-order valence-corrected chi connectivity index (χ1v) is 13.9. The van der Waals surface area contributed by atoms with E-state index in [-0.39, 0.29) is 11.9 Å². The molecule has 2 N–H and O–H groups in total. The van der Waals surface area contributed by atoms with Gasteiger partial charge >= 0.3 is 5.97 Å². The number of rotatable bonds is 22. The minimum Gasteiger partial charge on any atom is -0.461 e. The molecule has 0 spiro atoms. The second-order valence-corrected chi connectivity index (χ2v) is 9.48. The Labute approximate surface area is 218 Å². The number of nitrogens with one attached hydrogen (secondary N) is 2. The molecule has 0 saturated carbocycles. The van der Waals surface area contributed by atoms with Crippen LogP contribution in [0.5, 0.6) is 0 Å². The van der Waals surface area contributed by atoms with Gasteiger partial charge in [0.05, 0.1) is 0 Å². The second-order valence-electron chi connectivity index (χ2n) is 9.48. The predicted octanol–water partition coefficient (Wildman–Crippen LogP) is 6.32. The van der Waals surface area contributed by atoms with Crippen molar-refractivity contribution in [3.05, 3.63) is 47.0 Å². The van der Waals surface area contributed by atoms with Crippen molar-refractivity contribution in [2.24, 2.45) is 0 Å². The summed E-state index contributed by atoms with van der Waals surface area (Å²) >= 11 is 0. The summed E-state index contributed by atoms with van der Waals surface area (Å²) in [5.74, 6) is -0.226. The van der Waals surface area contributed by atoms with Gasteiger partial charge in [-0.1, -0.05) is 64.0 Å². The van der Waals surface area contributed by atoms with Gasteiger partial charge < -0.3 is 15.4 Å². The van der Waals surface area contributed by atoms with Crippen LogP contribution in [0.4, 0.5) is 0 Å². The van der Waals surface area contributed by atoms with Gasteiger partial charge in [-0.25, -0.2) is 0 Å². The maximum Gasteiger partial charge on any atom is 0.306 e. The van der Waals surface area contributed by atoms with Gasteiger partial charge in [0.2, 0.25) is 0 Å². The minimum atomic E-state index is -0.139. The van der Waals surface area contributed by atoms with Crippen LogP contribution in [0.3, 0.4) is 0 Å². The second kappa shape index (κ2) is 21.8. The summed E-state index contributed by atoms with van der Waals surface area (Å²) in [5.41, 5.74) is 1.96. The standard InChI is InChI=1S/C30H48N2O4/c1-3-4-5-6-9-12-15-21-36-29(34)17-13-10-7-8-11-14-18-31-19-16-20-32-30(35)28-23-26(2)22-27(24-28)25-33/h12,15,22-25,31H,3-11,13-14,16-21H2,1-2H3,(H,32,35)/b15-12+. The summed E-state index contributed by atoms with van der Waals surface area (Å²) in [5, 5.41) is 6.33. The van der Waals surface area contributed by atoms with Crippen molar-refractivity contribution < 1.29 is 19.1 Å². The molecule has 1 aromatic carbocycles. The number of amides is 1. The van der Waals surface area contributed by atoms with Crippen molar-refractivity contribution in [1.29, 1.82) is 0 Å². The van der Waals surface area contributed by atoms with Crippen molar-refractivity contribution in [2.75, 3.05) is 26.2 Å². The number of aryl methyl sites for hydroxylation is 1. The van der Waals surface area contributed by atoms with E-state index in [4.69, 9.17) is 4.74 Å². The average molecular weight is 501 g/mol. The maximum atomic E-state index is 12.2. The van der Waals surface area contributed by atoms with Gasteiger partial charge in [0.15, 0.2) is 0 Å². The Bertz CT molecular complexity index is 776. The van der Waals surface area contributed by atoms with Gasteiger partial charge in [-0.3, -0.25) is 14.4 Å². The third-order valence-corrected chi connectivity index (χ3v) is 6.03. The summed E-state index contributed by atoms with van der Waals surface area (Å²) in [6.07, 6.45) is 19.0. The molecule has 0 aliphatic rings. The third-order valence-electron chi connectivity index (χ3n) is 6.03. The molecule has 0 aliphatic heterocycles. The number of ether oxygens (including phenoxy) is 1. The first kappa shape index (κ1) is 31.6. The Morgan fingerprint density at radius 3 is 2.33 bits per heavy atom. The van der Waals surface area contributed by atoms with Crippen LogP contribution in [0, 0.1) is 6.92 Å². The van der Waals surface area contributed by atoms with Gasteiger partial charge in [-0.15, -0.1) is 0 Å². The Hall–Kier alpha value is -2.47. The number of unbranched alkanes of at least 4 members (excludes halogenated alkanes) is 9. The Balaban J connectivity index is 1.87. The molecule has 0 bridgehead atoms. The van der Waals surface area contributed by atoms with Crippen LogP contribution >= 0.6 is 0 Å². The fourth-order valence-corrected chi connectivity index (χ4v) is 3.97. The summed E-state index contributed by atoms with van der Waals surface area (Å²) in [6, 6.07) is 5.18. The van der Waals surface area contributed by atoms with Gasteiger partial charge in [0.25, 0.3) is 5.91 Å². The molecule has 0 atom stereocenters. The van der Waals surface area contributed by atoms with E-state index in [2.05, 4.69) is 23.6 Å². The van der Waals surface area contributed by atoms with Crippen LogP contribution in [0.2, 0.25) is 0 Å². The molecule has 0 heterocycles. The predicted molar refractivity (Wildman–Crippen MR) is 148 cm³/mol. The highest BCUT2D eigenvalue weighted by Gasteiger charge is 2.07. The average Bonchev–Trinajstić information content (AvgIpc) is 2.87. The molecule has 1 aromatic rings. The molecule has 202 valence electrons. The molecule has 6 nitrogen and oxygen atoms in total. The van der Waals surface area contributed by atoms with E-state index in [9.17, 15) is 14.4 Å². The van der Waals surface area contributed by atoms with Crippen LogP contribution in [0.15, 0.2) is 30.4 Å². The number of carbonyl (C=O) groups is 3. The highest BCUT2D eigenvalue weighted by atomic mass is 16.5. The number of carbonyl (C=O) groups excluding carboxylic acids is 3. The molecule has 1 amide bonds. The van der Waals surface area contributed by atoms with Gasteiger partial charge in [-0.2, -0.15) is 0 Å². The van der Waals surface area contributed by atoms with Gasteiger partial charge in [-0.05, 0) is 75.9 Å². The zero-order valence-electron chi connectivity index (χ0n) is 22.6. The van der Waals surface area contributed by atoms with E-state index in [0.717, 1.165) is 63.5 Å². The lowest BCUT2D eigenvalue weighted by molar-refractivity contribution is -0.142. The summed E-state index contributed by atoms with van der Waals surface area (Å²) in [4.78, 5) is 34.9. The number of esters is 1. The summed E-state index contributed by atoms with van der Waals surface area (Å²) in [6.45, 7) is 6.94. The van der Waals surface area contributed by atoms with Gasteiger partial charge in [0, 0.05) is 24.1 Å². The van der Waals surface area contributed by atoms with Crippen molar-refractivity contribution >= 4 is 18.2 Å². The number of hydrogen-bond donors (Lipinski definition) is 2. The molecule has 0 aliphatic carbocycles. The molecule has 0 saturated heterocycles. The number of hydrogen-bond acceptors (Lipinski definition) is 5. The van der Waals surface area contributed by atoms with Crippen LogP contribution in [0.25, 0.3) is 0 Å². The summed E-state index contributed by atoms with van der Waals surface area (Å²) < 4.78 is 5.25. The van der Waals surface area contributed by atoms with Crippen molar-refractivity contribution in [2.45, 2.75) is 97.3 Å². The lowest BCUT2D eigenvalue weighted by atomic mass is 10.1. The minimum absolute atomic E-state index is 0.0874. The molecule has 0 aromatic heterocycles. The molecule has 36 heavy (non-hydrogen) atoms. The number of allylic oxidation sites excluding steroid dienone is 1. The fraction of sp³-hybridized carbons (Fsp3) is 0.633. The van der Waals surface area contributed by atoms with Crippen LogP contribution in [-0.4, -0.2) is 44.4 Å². The van der Waals surface area contributed by atoms with Gasteiger partial charge in [0.1, 0.15) is 12.9 Å². The maximum absolute atomic E-state index is 12.2. The highest BCUT2D eigenvalue weighted by molar-refractivity contribution is 5.96. The van der Waals surface area contributed by atoms with Crippen molar-refractivity contribution in [3.8, 4) is 0 Å². The zero-order valence-corrected chi connectivity index (χ0v) is 22.6. The molecule has 6 heteroatoms. The Kier molecular flexibility index (Phi) is 19.1. The molecular weight excluding hydrogens is 452 g/mol. The smallest absolute Gasteiger partial charge is 0.306 e. The topological polar surface area (TPSA) is 84.5 Å². The van der Waals surface area contributed by atoms with E-state index >= 15 is 0 Å². The fourth-order valence-electron chi connectivity index (χ4n) is 3.97. The van der Waals surface area contributed by atoms with Crippen LogP contribution < -0.4 is 10.6 Å². The monoisotopic (exact) mass is 500 g/mol. The Morgan fingerprint density at radius 1 is 0.833 bits per heavy atom. The number of benzene rings is 1. The molecular formula is C30H48N2O4. The Morgan fingerprint density at radius 2 is 1.56 bits per heavy atom. The van der Waals surface area contributed by atoms with E-state index in [0.29, 0.717) is 30.7 Å². The van der Waals surface area contributed by atoms with Crippen LogP contribution in [-0.2, 0) is 9.53 Å². The summed E-state index contributed by atoms with van der Waals surface area (Å²) in [7, 11) is 0. The van der Waals surface area contributed by atoms with E-state index in [1.54, 1.807) is 18.2 Å². The first-order chi connectivity index (χ1) is 17.6. The van der Waals surface area contributed by atoms with E-state index in [1.165, 1.54) is 38.5 Å². The zero-order chi connectivity index (χ0) is 26.3. The molecule has 1 rings (SSSR count). The molecule has 0 unspecified atom stereocenters. The number of aldehydes is 1.